The lowest BCUT2D eigenvalue weighted by molar-refractivity contribution is 1.66. The van der Waals surface area contributed by atoms with E-state index in [9.17, 15) is 0 Å². The van der Waals surface area contributed by atoms with Crippen molar-refractivity contribution in [2.24, 2.45) is 0 Å². The normalized spacial score (nSPS) is 10.2. The first-order chi connectivity index (χ1) is 9.40. The third-order valence-electron chi connectivity index (χ3n) is 2.71. The first-order valence-corrected chi connectivity index (χ1v) is 6.59. The van der Waals surface area contributed by atoms with E-state index in [0.29, 0.717) is 0 Å². The van der Waals surface area contributed by atoms with Gasteiger partial charge in [-0.1, -0.05) is 90.5 Å². The van der Waals surface area contributed by atoms with Crippen LogP contribution in [0.15, 0.2) is 84.4 Å². The molecule has 0 nitrogen and oxygen atoms in total. The lowest BCUT2D eigenvalue weighted by Crippen LogP contribution is -1.67. The van der Waals surface area contributed by atoms with Crippen molar-refractivity contribution in [2.75, 3.05) is 0 Å². The van der Waals surface area contributed by atoms with E-state index in [-0.39, 0.29) is 0 Å². The highest BCUT2D eigenvalue weighted by molar-refractivity contribution is 6.27. The summed E-state index contributed by atoms with van der Waals surface area (Å²) in [4.78, 5) is 0. The first-order valence-electron chi connectivity index (χ1n) is 6.16. The zero-order valence-electron chi connectivity index (χ0n) is 10.5. The third kappa shape index (κ3) is 4.27. The van der Waals surface area contributed by atoms with E-state index in [1.165, 1.54) is 16.3 Å². The Morgan fingerprint density at radius 1 is 0.579 bits per heavy atom. The highest BCUT2D eigenvalue weighted by Crippen LogP contribution is 2.11. The molecule has 1 heteroatoms. The average Bonchev–Trinajstić information content (AvgIpc) is 2.50. The summed E-state index contributed by atoms with van der Waals surface area (Å²) in [5.74, 6) is 0. The molecule has 0 unspecified atom stereocenters. The minimum Gasteiger partial charge on any atom is -0.0929 e. The number of hydrogen-bond acceptors (Lipinski definition) is 0. The third-order valence-corrected chi connectivity index (χ3v) is 2.84. The summed E-state index contributed by atoms with van der Waals surface area (Å²) < 4.78 is 0. The van der Waals surface area contributed by atoms with Gasteiger partial charge >= 0.3 is 0 Å². The van der Waals surface area contributed by atoms with Gasteiger partial charge in [-0.05, 0) is 22.4 Å². The van der Waals surface area contributed by atoms with Crippen LogP contribution in [0.5, 0.6) is 0 Å². The van der Waals surface area contributed by atoms with Crippen molar-refractivity contribution in [3.05, 3.63) is 90.0 Å². The molecule has 0 aromatic heterocycles. The van der Waals surface area contributed by atoms with Crippen molar-refractivity contribution >= 4 is 28.4 Å². The molecule has 0 aliphatic heterocycles. The van der Waals surface area contributed by atoms with Crippen LogP contribution < -0.4 is 0 Å². The van der Waals surface area contributed by atoms with Crippen LogP contribution in [-0.4, -0.2) is 0 Å². The quantitative estimate of drug-likeness (QED) is 0.527. The summed E-state index contributed by atoms with van der Waals surface area (Å²) >= 11 is 5.36. The molecule has 0 heterocycles. The number of rotatable bonds is 1. The van der Waals surface area contributed by atoms with Gasteiger partial charge in [0.15, 0.2) is 0 Å². The van der Waals surface area contributed by atoms with E-state index in [1.54, 1.807) is 0 Å². The van der Waals surface area contributed by atoms with Crippen LogP contribution in [0.2, 0.25) is 0 Å². The zero-order valence-corrected chi connectivity index (χ0v) is 11.3. The Morgan fingerprint density at radius 3 is 1.42 bits per heavy atom. The molecule has 0 aliphatic carbocycles. The second kappa shape index (κ2) is 7.40. The molecule has 94 valence electrons. The molecule has 0 bridgehead atoms. The molecule has 0 amide bonds. The van der Waals surface area contributed by atoms with Gasteiger partial charge in [0, 0.05) is 5.54 Å². The average molecular weight is 267 g/mol. The van der Waals surface area contributed by atoms with Crippen LogP contribution in [-0.2, 0) is 0 Å². The summed E-state index contributed by atoms with van der Waals surface area (Å²) in [6.45, 7) is 0. The summed E-state index contributed by atoms with van der Waals surface area (Å²) in [7, 11) is 0. The fraction of sp³-hybridized carbons (Fsp3) is 0. The maximum Gasteiger partial charge on any atom is 0.00484 e. The highest BCUT2D eigenvalue weighted by atomic mass is 35.5. The summed E-state index contributed by atoms with van der Waals surface area (Å²) in [5.41, 5.74) is 2.64. The topological polar surface area (TPSA) is 0 Å². The standard InChI is InChI=1S/C10H8.C8H7Cl/c1-2-6-10-8-4-3-7-9(10)5-1;9-7-6-8-4-2-1-3-5-8/h1-8H;1-7H. The molecule has 0 atom stereocenters. The van der Waals surface area contributed by atoms with E-state index in [0.717, 1.165) is 5.56 Å². The van der Waals surface area contributed by atoms with Crippen molar-refractivity contribution in [3.8, 4) is 0 Å². The van der Waals surface area contributed by atoms with Crippen molar-refractivity contribution < 1.29 is 0 Å². The van der Waals surface area contributed by atoms with Gasteiger partial charge in [-0.3, -0.25) is 0 Å². The van der Waals surface area contributed by atoms with E-state index in [4.69, 9.17) is 11.6 Å². The van der Waals surface area contributed by atoms with E-state index >= 15 is 0 Å². The Hall–Kier alpha value is -2.05. The molecule has 3 aromatic rings. The van der Waals surface area contributed by atoms with Crippen molar-refractivity contribution in [3.63, 3.8) is 0 Å². The Labute approximate surface area is 119 Å². The van der Waals surface area contributed by atoms with Gasteiger partial charge < -0.3 is 0 Å². The van der Waals surface area contributed by atoms with Gasteiger partial charge in [-0.2, -0.15) is 0 Å². The molecule has 0 radical (unpaired) electrons. The predicted octanol–water partition coefficient (Wildman–Crippen LogP) is 5.74. The molecule has 3 rings (SSSR count). The zero-order chi connectivity index (χ0) is 13.3. The maximum atomic E-state index is 5.36. The number of halogens is 1. The maximum absolute atomic E-state index is 5.36. The Bertz CT molecular complexity index is 576. The predicted molar refractivity (Wildman–Crippen MR) is 85.3 cm³/mol. The van der Waals surface area contributed by atoms with Crippen molar-refractivity contribution in [1.82, 2.24) is 0 Å². The van der Waals surface area contributed by atoms with Crippen LogP contribution in [0, 0.1) is 0 Å². The number of fused-ring (bicyclic) bond motifs is 1. The summed E-state index contributed by atoms with van der Waals surface area (Å²) in [6, 6.07) is 26.6. The fourth-order valence-corrected chi connectivity index (χ4v) is 1.92. The summed E-state index contributed by atoms with van der Waals surface area (Å²) in [6.07, 6.45) is 1.85. The van der Waals surface area contributed by atoms with Gasteiger partial charge in [0.25, 0.3) is 0 Å². The fourth-order valence-electron chi connectivity index (χ4n) is 1.77. The molecular formula is C18H15Cl. The SMILES string of the molecule is ClC=Cc1ccccc1.c1ccc2ccccc2c1. The van der Waals surface area contributed by atoms with Gasteiger partial charge in [0.05, 0.1) is 0 Å². The highest BCUT2D eigenvalue weighted by Gasteiger charge is 1.85. The van der Waals surface area contributed by atoms with Gasteiger partial charge in [-0.15, -0.1) is 0 Å². The molecule has 19 heavy (non-hydrogen) atoms. The molecule has 0 spiro atoms. The Kier molecular flexibility index (Phi) is 5.21. The van der Waals surface area contributed by atoms with Crippen LogP contribution in [0.4, 0.5) is 0 Å². The summed E-state index contributed by atoms with van der Waals surface area (Å²) in [5, 5.41) is 2.62. The Morgan fingerprint density at radius 2 is 1.00 bits per heavy atom. The van der Waals surface area contributed by atoms with E-state index in [2.05, 4.69) is 48.5 Å². The molecule has 0 saturated heterocycles. The molecule has 3 aromatic carbocycles. The number of hydrogen-bond donors (Lipinski definition) is 0. The molecule has 0 fully saturated rings. The van der Waals surface area contributed by atoms with Crippen LogP contribution >= 0.6 is 11.6 Å². The van der Waals surface area contributed by atoms with E-state index in [1.807, 2.05) is 36.4 Å². The van der Waals surface area contributed by atoms with Gasteiger partial charge in [0.2, 0.25) is 0 Å². The smallest absolute Gasteiger partial charge is 0.00484 e. The molecule has 0 N–H and O–H groups in total. The lowest BCUT2D eigenvalue weighted by atomic mass is 10.1. The lowest BCUT2D eigenvalue weighted by Gasteiger charge is -1.92. The van der Waals surface area contributed by atoms with Crippen LogP contribution in [0.3, 0.4) is 0 Å². The largest absolute Gasteiger partial charge is 0.0929 e. The molecular weight excluding hydrogens is 252 g/mol. The van der Waals surface area contributed by atoms with Crippen LogP contribution in [0.25, 0.3) is 16.8 Å². The Balaban J connectivity index is 0.000000141. The second-order valence-corrected chi connectivity index (χ2v) is 4.30. The van der Waals surface area contributed by atoms with Gasteiger partial charge in [0.1, 0.15) is 0 Å². The monoisotopic (exact) mass is 266 g/mol. The molecule has 0 aliphatic rings. The molecule has 0 saturated carbocycles. The minimum absolute atomic E-state index is 1.13. The van der Waals surface area contributed by atoms with Crippen molar-refractivity contribution in [1.29, 1.82) is 0 Å². The van der Waals surface area contributed by atoms with E-state index < -0.39 is 0 Å². The second-order valence-electron chi connectivity index (χ2n) is 4.05. The minimum atomic E-state index is 1.13. The number of benzene rings is 3. The van der Waals surface area contributed by atoms with Crippen LogP contribution in [0.1, 0.15) is 5.56 Å². The van der Waals surface area contributed by atoms with Crippen molar-refractivity contribution in [2.45, 2.75) is 0 Å². The van der Waals surface area contributed by atoms with Gasteiger partial charge in [-0.25, -0.2) is 0 Å². The first kappa shape index (κ1) is 13.4.